The van der Waals surface area contributed by atoms with Crippen LogP contribution in [0, 0.1) is 12.7 Å². The highest BCUT2D eigenvalue weighted by Gasteiger charge is 2.18. The molecule has 24 heavy (non-hydrogen) atoms. The number of hydrogen-bond donors (Lipinski definition) is 2. The Morgan fingerprint density at radius 3 is 2.50 bits per heavy atom. The van der Waals surface area contributed by atoms with Crippen molar-refractivity contribution in [1.82, 2.24) is 10.6 Å². The normalized spacial score (nSPS) is 14.5. The number of aryl methyl sites for hydroxylation is 1. The third kappa shape index (κ3) is 7.46. The monoisotopic (exact) mass is 469 g/mol. The number of nitrogens with zero attached hydrogens (tertiary/aromatic N) is 1. The van der Waals surface area contributed by atoms with E-state index in [4.69, 9.17) is 0 Å². The van der Waals surface area contributed by atoms with Crippen LogP contribution in [0.2, 0.25) is 0 Å². The van der Waals surface area contributed by atoms with Crippen molar-refractivity contribution in [3.05, 3.63) is 35.1 Å². The van der Waals surface area contributed by atoms with Gasteiger partial charge in [-0.05, 0) is 51.8 Å². The molecule has 2 unspecified atom stereocenters. The fraction of sp³-hybridized carbons (Fsp3) is 0.588. The number of rotatable bonds is 5. The molecule has 0 aliphatic carbocycles. The Kier molecular flexibility index (Phi) is 10.0. The predicted molar refractivity (Wildman–Crippen MR) is 112 cm³/mol. The van der Waals surface area contributed by atoms with Crippen LogP contribution in [-0.2, 0) is 10.8 Å². The van der Waals surface area contributed by atoms with Gasteiger partial charge in [0.15, 0.2) is 5.96 Å². The average Bonchev–Trinajstić information content (AvgIpc) is 2.47. The van der Waals surface area contributed by atoms with E-state index in [1.807, 2.05) is 33.8 Å². The summed E-state index contributed by atoms with van der Waals surface area (Å²) in [6, 6.07) is 5.13. The first-order valence-corrected chi connectivity index (χ1v) is 9.08. The first-order chi connectivity index (χ1) is 10.6. The summed E-state index contributed by atoms with van der Waals surface area (Å²) >= 11 is 0. The molecule has 1 rings (SSSR count). The molecule has 0 bridgehead atoms. The van der Waals surface area contributed by atoms with E-state index in [1.165, 1.54) is 6.07 Å². The van der Waals surface area contributed by atoms with Crippen LogP contribution in [-0.4, -0.2) is 34.3 Å². The molecule has 1 aromatic rings. The molecular weight excluding hydrogens is 440 g/mol. The van der Waals surface area contributed by atoms with Crippen molar-refractivity contribution in [3.63, 3.8) is 0 Å². The van der Waals surface area contributed by atoms with Gasteiger partial charge in [0, 0.05) is 34.9 Å². The van der Waals surface area contributed by atoms with E-state index in [0.29, 0.717) is 23.8 Å². The Hall–Kier alpha value is -0.700. The molecule has 7 heteroatoms. The van der Waals surface area contributed by atoms with Gasteiger partial charge in [-0.3, -0.25) is 9.20 Å². The van der Waals surface area contributed by atoms with Crippen molar-refractivity contribution in [2.24, 2.45) is 4.99 Å². The van der Waals surface area contributed by atoms with E-state index < -0.39 is 10.8 Å². The molecule has 0 fully saturated rings. The highest BCUT2D eigenvalue weighted by Crippen LogP contribution is 2.16. The lowest BCUT2D eigenvalue weighted by molar-refractivity contribution is 0.607. The first kappa shape index (κ1) is 23.3. The van der Waals surface area contributed by atoms with Crippen molar-refractivity contribution in [2.45, 2.75) is 45.4 Å². The quantitative estimate of drug-likeness (QED) is 0.394. The maximum absolute atomic E-state index is 13.7. The van der Waals surface area contributed by atoms with Gasteiger partial charge in [0.25, 0.3) is 0 Å². The van der Waals surface area contributed by atoms with Crippen molar-refractivity contribution < 1.29 is 8.60 Å². The molecule has 2 N–H and O–H groups in total. The molecule has 0 aliphatic heterocycles. The summed E-state index contributed by atoms with van der Waals surface area (Å²) in [5.41, 5.74) is 1.49. The summed E-state index contributed by atoms with van der Waals surface area (Å²) in [7, 11) is 0.774. The van der Waals surface area contributed by atoms with Gasteiger partial charge < -0.3 is 10.6 Å². The standard InChI is InChI=1S/C17H28FN3OS.HI/c1-12-7-8-14(11-15(12)18)13(2)21-16(19-6)20-9-10-23(22)17(3,4)5;/h7-8,11,13H,9-10H2,1-6H3,(H2,19,20,21);1H. The fourth-order valence-electron chi connectivity index (χ4n) is 1.93. The summed E-state index contributed by atoms with van der Waals surface area (Å²) in [4.78, 5) is 4.15. The summed E-state index contributed by atoms with van der Waals surface area (Å²) in [5, 5.41) is 6.37. The lowest BCUT2D eigenvalue weighted by Gasteiger charge is -2.20. The van der Waals surface area contributed by atoms with Crippen LogP contribution in [0.4, 0.5) is 4.39 Å². The minimum Gasteiger partial charge on any atom is -0.355 e. The zero-order chi connectivity index (χ0) is 17.6. The first-order valence-electron chi connectivity index (χ1n) is 7.77. The summed E-state index contributed by atoms with van der Waals surface area (Å²) in [5.74, 6) is 0.960. The number of benzene rings is 1. The molecule has 138 valence electrons. The molecular formula is C17H29FIN3OS. The molecule has 4 nitrogen and oxygen atoms in total. The number of hydrogen-bond acceptors (Lipinski definition) is 2. The second kappa shape index (κ2) is 10.3. The van der Waals surface area contributed by atoms with Crippen LogP contribution in [0.15, 0.2) is 23.2 Å². The number of guanidine groups is 1. The molecule has 0 spiro atoms. The topological polar surface area (TPSA) is 53.5 Å². The van der Waals surface area contributed by atoms with E-state index in [9.17, 15) is 8.60 Å². The lowest BCUT2D eigenvalue weighted by Crippen LogP contribution is -2.41. The van der Waals surface area contributed by atoms with E-state index in [2.05, 4.69) is 15.6 Å². The zero-order valence-electron chi connectivity index (χ0n) is 15.3. The Morgan fingerprint density at radius 2 is 2.00 bits per heavy atom. The van der Waals surface area contributed by atoms with Crippen LogP contribution < -0.4 is 10.6 Å². The van der Waals surface area contributed by atoms with Crippen LogP contribution in [0.25, 0.3) is 0 Å². The maximum Gasteiger partial charge on any atom is 0.191 e. The molecule has 1 aromatic carbocycles. The molecule has 0 aliphatic rings. The number of aliphatic imine (C=N–C) groups is 1. The Labute approximate surface area is 164 Å². The predicted octanol–water partition coefficient (Wildman–Crippen LogP) is 3.53. The van der Waals surface area contributed by atoms with Crippen LogP contribution >= 0.6 is 24.0 Å². The molecule has 0 radical (unpaired) electrons. The van der Waals surface area contributed by atoms with Gasteiger partial charge in [-0.1, -0.05) is 12.1 Å². The van der Waals surface area contributed by atoms with Gasteiger partial charge in [0.2, 0.25) is 0 Å². The fourth-order valence-corrected chi connectivity index (χ4v) is 2.83. The second-order valence-electron chi connectivity index (χ2n) is 6.54. The van der Waals surface area contributed by atoms with Gasteiger partial charge in [-0.25, -0.2) is 4.39 Å². The highest BCUT2D eigenvalue weighted by molar-refractivity contribution is 14.0. The Balaban J connectivity index is 0.00000529. The van der Waals surface area contributed by atoms with Gasteiger partial charge in [-0.2, -0.15) is 0 Å². The minimum absolute atomic E-state index is 0. The number of halogens is 2. The smallest absolute Gasteiger partial charge is 0.191 e. The summed E-state index contributed by atoms with van der Waals surface area (Å²) in [6.07, 6.45) is 0. The Morgan fingerprint density at radius 1 is 1.38 bits per heavy atom. The average molecular weight is 469 g/mol. The molecule has 0 aromatic heterocycles. The largest absolute Gasteiger partial charge is 0.355 e. The van der Waals surface area contributed by atoms with E-state index in [0.717, 1.165) is 5.56 Å². The molecule has 2 atom stereocenters. The third-order valence-electron chi connectivity index (χ3n) is 3.54. The lowest BCUT2D eigenvalue weighted by atomic mass is 10.1. The molecule has 0 amide bonds. The maximum atomic E-state index is 13.7. The van der Waals surface area contributed by atoms with Gasteiger partial charge >= 0.3 is 0 Å². The number of nitrogens with one attached hydrogen (secondary N) is 2. The van der Waals surface area contributed by atoms with E-state index in [1.54, 1.807) is 20.0 Å². The van der Waals surface area contributed by atoms with Crippen molar-refractivity contribution in [2.75, 3.05) is 19.3 Å². The van der Waals surface area contributed by atoms with Crippen molar-refractivity contribution in [1.29, 1.82) is 0 Å². The van der Waals surface area contributed by atoms with Gasteiger partial charge in [-0.15, -0.1) is 24.0 Å². The van der Waals surface area contributed by atoms with Gasteiger partial charge in [0.05, 0.1) is 6.04 Å². The highest BCUT2D eigenvalue weighted by atomic mass is 127. The molecule has 0 heterocycles. The summed E-state index contributed by atoms with van der Waals surface area (Å²) in [6.45, 7) is 10.1. The Bertz CT molecular complexity index is 588. The molecule has 0 saturated carbocycles. The zero-order valence-corrected chi connectivity index (χ0v) is 18.4. The third-order valence-corrected chi connectivity index (χ3v) is 5.48. The van der Waals surface area contributed by atoms with Crippen LogP contribution in [0.3, 0.4) is 0 Å². The summed E-state index contributed by atoms with van der Waals surface area (Å²) < 4.78 is 25.5. The van der Waals surface area contributed by atoms with Crippen LogP contribution in [0.5, 0.6) is 0 Å². The van der Waals surface area contributed by atoms with Gasteiger partial charge in [0.1, 0.15) is 5.82 Å². The van der Waals surface area contributed by atoms with Crippen molar-refractivity contribution >= 4 is 40.7 Å². The van der Waals surface area contributed by atoms with E-state index in [-0.39, 0.29) is 40.6 Å². The van der Waals surface area contributed by atoms with Crippen LogP contribution in [0.1, 0.15) is 44.9 Å². The van der Waals surface area contributed by atoms with Crippen molar-refractivity contribution in [3.8, 4) is 0 Å². The second-order valence-corrected chi connectivity index (χ2v) is 8.86. The minimum atomic E-state index is -0.905. The van der Waals surface area contributed by atoms with E-state index >= 15 is 0 Å². The molecule has 0 saturated heterocycles. The SMILES string of the molecule is CN=C(NCCS(=O)C(C)(C)C)NC(C)c1ccc(C)c(F)c1.I.